The number of phenols is 1. The van der Waals surface area contributed by atoms with Crippen LogP contribution in [0.2, 0.25) is 0 Å². The van der Waals surface area contributed by atoms with Crippen molar-refractivity contribution in [3.05, 3.63) is 58.7 Å². The Morgan fingerprint density at radius 3 is 2.62 bits per heavy atom. The highest BCUT2D eigenvalue weighted by Crippen LogP contribution is 2.41. The molecule has 8 heteroatoms. The number of aliphatic hydroxyl groups is 1. The lowest BCUT2D eigenvalue weighted by molar-refractivity contribution is -0.130. The molecular weight excluding hydrogens is 378 g/mol. The van der Waals surface area contributed by atoms with E-state index in [0.717, 1.165) is 0 Å². The van der Waals surface area contributed by atoms with E-state index in [1.807, 2.05) is 0 Å². The fraction of sp³-hybridized carbons (Fsp3) is 0.333. The summed E-state index contributed by atoms with van der Waals surface area (Å²) in [7, 11) is 1.49. The lowest BCUT2D eigenvalue weighted by Gasteiger charge is -2.26. The third kappa shape index (κ3) is 3.84. The molecule has 0 spiro atoms. The Morgan fingerprint density at radius 1 is 1.24 bits per heavy atom. The van der Waals surface area contributed by atoms with Crippen LogP contribution in [0.1, 0.15) is 34.8 Å². The predicted octanol–water partition coefficient (Wildman–Crippen LogP) is 2.92. The first-order valence-corrected chi connectivity index (χ1v) is 9.18. The second kappa shape index (κ2) is 8.40. The summed E-state index contributed by atoms with van der Waals surface area (Å²) in [6.45, 7) is 4.17. The van der Waals surface area contributed by atoms with Gasteiger partial charge in [0.15, 0.2) is 23.0 Å². The van der Waals surface area contributed by atoms with Crippen LogP contribution in [0.3, 0.4) is 0 Å². The minimum Gasteiger partial charge on any atom is -0.504 e. The van der Waals surface area contributed by atoms with Gasteiger partial charge in [-0.2, -0.15) is 0 Å². The Bertz CT molecular complexity index is 960. The van der Waals surface area contributed by atoms with Crippen molar-refractivity contribution in [3.63, 3.8) is 0 Å². The van der Waals surface area contributed by atoms with Gasteiger partial charge in [-0.1, -0.05) is 6.07 Å². The van der Waals surface area contributed by atoms with Crippen LogP contribution in [0, 0.1) is 6.92 Å². The Balaban J connectivity index is 2.10. The van der Waals surface area contributed by atoms with Crippen molar-refractivity contribution in [1.29, 1.82) is 0 Å². The van der Waals surface area contributed by atoms with E-state index >= 15 is 0 Å². The van der Waals surface area contributed by atoms with E-state index in [-0.39, 0.29) is 36.0 Å². The summed E-state index contributed by atoms with van der Waals surface area (Å²) in [5.74, 6) is -1.17. The summed E-state index contributed by atoms with van der Waals surface area (Å²) in [6.07, 6.45) is 0. The van der Waals surface area contributed by atoms with E-state index in [0.29, 0.717) is 17.9 Å². The van der Waals surface area contributed by atoms with Gasteiger partial charge >= 0.3 is 0 Å². The molecule has 0 saturated carbocycles. The largest absolute Gasteiger partial charge is 0.504 e. The number of ketones is 1. The van der Waals surface area contributed by atoms with Gasteiger partial charge in [0, 0.05) is 13.7 Å². The Hall–Kier alpha value is -3.26. The van der Waals surface area contributed by atoms with Crippen LogP contribution in [-0.4, -0.2) is 53.7 Å². The van der Waals surface area contributed by atoms with Crippen molar-refractivity contribution < 1.29 is 33.7 Å². The molecule has 1 aliphatic heterocycles. The number of ether oxygens (including phenoxy) is 2. The van der Waals surface area contributed by atoms with Crippen molar-refractivity contribution in [1.82, 2.24) is 4.90 Å². The molecule has 1 aliphatic rings. The molecule has 1 aromatic carbocycles. The van der Waals surface area contributed by atoms with Crippen molar-refractivity contribution in [2.24, 2.45) is 0 Å². The lowest BCUT2D eigenvalue weighted by atomic mass is 9.94. The summed E-state index contributed by atoms with van der Waals surface area (Å²) in [6, 6.07) is 6.81. The number of aryl methyl sites for hydroxylation is 1. The van der Waals surface area contributed by atoms with Crippen LogP contribution in [-0.2, 0) is 9.53 Å². The maximum Gasteiger partial charge on any atom is 0.290 e. The standard InChI is InChI=1S/C21H23NO7/c1-4-28-16-11-13(6-7-14(16)23)18-17(19(24)15-8-5-12(2)29-15)20(25)21(26)22(18)9-10-27-3/h5-8,11,18,23,25H,4,9-10H2,1-3H3. The maximum atomic E-state index is 13.1. The molecule has 0 saturated heterocycles. The maximum absolute atomic E-state index is 13.1. The number of nitrogens with zero attached hydrogens (tertiary/aromatic N) is 1. The zero-order chi connectivity index (χ0) is 21.1. The van der Waals surface area contributed by atoms with Crippen LogP contribution in [0.4, 0.5) is 0 Å². The summed E-state index contributed by atoms with van der Waals surface area (Å²) in [5.41, 5.74) is 0.417. The smallest absolute Gasteiger partial charge is 0.290 e. The topological polar surface area (TPSA) is 109 Å². The zero-order valence-corrected chi connectivity index (χ0v) is 16.5. The molecular formula is C21H23NO7. The van der Waals surface area contributed by atoms with Gasteiger partial charge in [-0.25, -0.2) is 0 Å². The number of carbonyl (C=O) groups is 2. The predicted molar refractivity (Wildman–Crippen MR) is 103 cm³/mol. The van der Waals surface area contributed by atoms with Gasteiger partial charge in [0.05, 0.1) is 24.8 Å². The first kappa shape index (κ1) is 20.5. The number of carbonyl (C=O) groups excluding carboxylic acids is 2. The first-order chi connectivity index (χ1) is 13.9. The molecule has 0 bridgehead atoms. The van der Waals surface area contributed by atoms with E-state index in [1.54, 1.807) is 32.0 Å². The molecule has 1 amide bonds. The van der Waals surface area contributed by atoms with Crippen molar-refractivity contribution in [2.75, 3.05) is 26.9 Å². The van der Waals surface area contributed by atoms with E-state index in [1.165, 1.54) is 24.1 Å². The quantitative estimate of drug-likeness (QED) is 0.655. The number of benzene rings is 1. The number of amides is 1. The Kier molecular flexibility index (Phi) is 5.93. The SMILES string of the molecule is CCOc1cc(C2C(C(=O)c3ccc(C)o3)=C(O)C(=O)N2CCOC)ccc1O. The fourth-order valence-corrected chi connectivity index (χ4v) is 3.31. The molecule has 2 aromatic rings. The van der Waals surface area contributed by atoms with Gasteiger partial charge in [-0.05, 0) is 43.7 Å². The molecule has 0 fully saturated rings. The van der Waals surface area contributed by atoms with Gasteiger partial charge in [-0.3, -0.25) is 9.59 Å². The number of aliphatic hydroxyl groups excluding tert-OH is 1. The normalized spacial score (nSPS) is 16.6. The van der Waals surface area contributed by atoms with Gasteiger partial charge in [-0.15, -0.1) is 0 Å². The second-order valence-electron chi connectivity index (χ2n) is 6.56. The molecule has 0 radical (unpaired) electrons. The molecule has 0 aliphatic carbocycles. The number of methoxy groups -OCH3 is 1. The van der Waals surface area contributed by atoms with Gasteiger partial charge in [0.2, 0.25) is 5.78 Å². The lowest BCUT2D eigenvalue weighted by Crippen LogP contribution is -2.34. The number of aromatic hydroxyl groups is 1. The van der Waals surface area contributed by atoms with Gasteiger partial charge < -0.3 is 29.0 Å². The number of furan rings is 1. The van der Waals surface area contributed by atoms with Gasteiger partial charge in [0.1, 0.15) is 5.76 Å². The van der Waals surface area contributed by atoms with Crippen LogP contribution in [0.5, 0.6) is 11.5 Å². The molecule has 29 heavy (non-hydrogen) atoms. The minimum atomic E-state index is -0.879. The zero-order valence-electron chi connectivity index (χ0n) is 16.5. The highest BCUT2D eigenvalue weighted by Gasteiger charge is 2.44. The molecule has 8 nitrogen and oxygen atoms in total. The first-order valence-electron chi connectivity index (χ1n) is 9.18. The highest BCUT2D eigenvalue weighted by atomic mass is 16.5. The number of rotatable bonds is 8. The fourth-order valence-electron chi connectivity index (χ4n) is 3.31. The van der Waals surface area contributed by atoms with Crippen molar-refractivity contribution >= 4 is 11.7 Å². The third-order valence-electron chi connectivity index (χ3n) is 4.65. The third-order valence-corrected chi connectivity index (χ3v) is 4.65. The molecule has 1 atom stereocenters. The summed E-state index contributed by atoms with van der Waals surface area (Å²) in [5, 5.41) is 20.5. The van der Waals surface area contributed by atoms with E-state index < -0.39 is 23.5 Å². The van der Waals surface area contributed by atoms with Crippen LogP contribution < -0.4 is 4.74 Å². The molecule has 2 heterocycles. The van der Waals surface area contributed by atoms with Crippen LogP contribution in [0.25, 0.3) is 0 Å². The average molecular weight is 401 g/mol. The Morgan fingerprint density at radius 2 is 2.00 bits per heavy atom. The molecule has 1 aromatic heterocycles. The number of phenolic OH excluding ortho intramolecular Hbond substituents is 1. The molecule has 3 rings (SSSR count). The molecule has 154 valence electrons. The number of hydrogen-bond acceptors (Lipinski definition) is 7. The minimum absolute atomic E-state index is 0.0271. The van der Waals surface area contributed by atoms with Crippen molar-refractivity contribution in [3.8, 4) is 11.5 Å². The average Bonchev–Trinajstić information content (AvgIpc) is 3.24. The molecule has 2 N–H and O–H groups in total. The van der Waals surface area contributed by atoms with Crippen molar-refractivity contribution in [2.45, 2.75) is 19.9 Å². The number of Topliss-reactive ketones (excluding diaryl/α,β-unsaturated/α-hetero) is 1. The van der Waals surface area contributed by atoms with Gasteiger partial charge in [0.25, 0.3) is 5.91 Å². The van der Waals surface area contributed by atoms with Crippen LogP contribution in [0.15, 0.2) is 46.1 Å². The van der Waals surface area contributed by atoms with Crippen LogP contribution >= 0.6 is 0 Å². The second-order valence-corrected chi connectivity index (χ2v) is 6.56. The number of hydrogen-bond donors (Lipinski definition) is 2. The molecule has 1 unspecified atom stereocenters. The monoisotopic (exact) mass is 401 g/mol. The van der Waals surface area contributed by atoms with E-state index in [4.69, 9.17) is 13.9 Å². The Labute approximate surface area is 168 Å². The van der Waals surface area contributed by atoms with E-state index in [9.17, 15) is 19.8 Å². The van der Waals surface area contributed by atoms with E-state index in [2.05, 4.69) is 0 Å². The summed E-state index contributed by atoms with van der Waals surface area (Å²) < 4.78 is 15.9. The summed E-state index contributed by atoms with van der Waals surface area (Å²) in [4.78, 5) is 27.2. The highest BCUT2D eigenvalue weighted by molar-refractivity contribution is 6.15. The summed E-state index contributed by atoms with van der Waals surface area (Å²) >= 11 is 0.